The van der Waals surface area contributed by atoms with Crippen molar-refractivity contribution in [2.24, 2.45) is 0 Å². The monoisotopic (exact) mass is 447 g/mol. The van der Waals surface area contributed by atoms with Crippen molar-refractivity contribution in [3.8, 4) is 0 Å². The maximum absolute atomic E-state index is 13.1. The number of carbonyl (C=O) groups excluding carboxylic acids is 1. The number of hydrogen-bond acceptors (Lipinski definition) is 3. The standard InChI is InChI=1S/C21H19F6NO3/c1-12(13-7-15(20(22,23)24)9-16(8-13)21(25,26)27)31-11-19(10-17(29)18(30)28-19)14-5-3-2-4-6-14/h2-9,12,17,29H,10-11H2,1H3,(H,28,30)/t12-,17?,19-/m1/s1. The first-order valence-electron chi connectivity index (χ1n) is 9.28. The first-order chi connectivity index (χ1) is 14.3. The molecule has 1 amide bonds. The lowest BCUT2D eigenvalue weighted by atomic mass is 9.88. The lowest BCUT2D eigenvalue weighted by Crippen LogP contribution is -2.43. The molecule has 1 fully saturated rings. The van der Waals surface area contributed by atoms with Gasteiger partial charge in [-0.2, -0.15) is 26.3 Å². The summed E-state index contributed by atoms with van der Waals surface area (Å²) in [6.07, 6.45) is -12.5. The van der Waals surface area contributed by atoms with Crippen molar-refractivity contribution >= 4 is 5.91 Å². The number of nitrogens with one attached hydrogen (secondary N) is 1. The second-order valence-corrected chi connectivity index (χ2v) is 7.45. The molecule has 1 saturated heterocycles. The summed E-state index contributed by atoms with van der Waals surface area (Å²) in [6.45, 7) is 1.06. The zero-order valence-electron chi connectivity index (χ0n) is 16.2. The fourth-order valence-electron chi connectivity index (χ4n) is 3.50. The number of alkyl halides is 6. The van der Waals surface area contributed by atoms with E-state index < -0.39 is 47.1 Å². The lowest BCUT2D eigenvalue weighted by molar-refractivity contribution is -0.143. The quantitative estimate of drug-likeness (QED) is 0.660. The van der Waals surface area contributed by atoms with Crippen LogP contribution in [0.15, 0.2) is 48.5 Å². The second-order valence-electron chi connectivity index (χ2n) is 7.45. The fourth-order valence-corrected chi connectivity index (χ4v) is 3.50. The SMILES string of the molecule is C[C@@H](OC[C@@]1(c2ccccc2)CC(O)C(=O)N1)c1cc(C(F)(F)F)cc(C(F)(F)F)c1. The van der Waals surface area contributed by atoms with Gasteiger partial charge in [-0.1, -0.05) is 30.3 Å². The Morgan fingerprint density at radius 3 is 2.06 bits per heavy atom. The molecule has 1 aliphatic heterocycles. The molecule has 31 heavy (non-hydrogen) atoms. The van der Waals surface area contributed by atoms with E-state index >= 15 is 0 Å². The molecule has 10 heteroatoms. The molecule has 2 N–H and O–H groups in total. The number of ether oxygens (including phenoxy) is 1. The Morgan fingerprint density at radius 1 is 1.06 bits per heavy atom. The number of halogens is 6. The molecule has 1 heterocycles. The molecule has 3 rings (SSSR count). The van der Waals surface area contributed by atoms with Crippen molar-refractivity contribution in [2.75, 3.05) is 6.61 Å². The van der Waals surface area contributed by atoms with Crippen molar-refractivity contribution < 1.29 is 41.0 Å². The number of carbonyl (C=O) groups is 1. The van der Waals surface area contributed by atoms with Crippen LogP contribution in [0.5, 0.6) is 0 Å². The predicted molar refractivity (Wildman–Crippen MR) is 97.7 cm³/mol. The summed E-state index contributed by atoms with van der Waals surface area (Å²) in [4.78, 5) is 11.9. The van der Waals surface area contributed by atoms with Crippen LogP contribution in [0.2, 0.25) is 0 Å². The molecule has 0 radical (unpaired) electrons. The largest absolute Gasteiger partial charge is 0.416 e. The summed E-state index contributed by atoms with van der Waals surface area (Å²) in [6, 6.07) is 9.75. The van der Waals surface area contributed by atoms with Crippen LogP contribution in [-0.2, 0) is 27.4 Å². The van der Waals surface area contributed by atoms with E-state index in [0.717, 1.165) is 0 Å². The molecule has 2 aromatic carbocycles. The third-order valence-corrected chi connectivity index (χ3v) is 5.19. The molecule has 168 valence electrons. The third kappa shape index (κ3) is 5.01. The van der Waals surface area contributed by atoms with Gasteiger partial charge in [-0.05, 0) is 36.2 Å². The Morgan fingerprint density at radius 2 is 1.61 bits per heavy atom. The fraction of sp³-hybridized carbons (Fsp3) is 0.381. The Hall–Kier alpha value is -2.59. The molecule has 0 aromatic heterocycles. The van der Waals surface area contributed by atoms with Crippen molar-refractivity contribution in [3.63, 3.8) is 0 Å². The van der Waals surface area contributed by atoms with Crippen LogP contribution in [-0.4, -0.2) is 23.7 Å². The minimum Gasteiger partial charge on any atom is -0.383 e. The summed E-state index contributed by atoms with van der Waals surface area (Å²) in [7, 11) is 0. The molecular weight excluding hydrogens is 428 g/mol. The molecule has 0 spiro atoms. The summed E-state index contributed by atoms with van der Waals surface area (Å²) < 4.78 is 84.3. The van der Waals surface area contributed by atoms with Gasteiger partial charge in [0, 0.05) is 6.42 Å². The van der Waals surface area contributed by atoms with Crippen molar-refractivity contribution in [1.29, 1.82) is 0 Å². The normalized spacial score (nSPS) is 23.0. The van der Waals surface area contributed by atoms with E-state index in [1.165, 1.54) is 6.92 Å². The zero-order chi connectivity index (χ0) is 23.0. The van der Waals surface area contributed by atoms with E-state index in [-0.39, 0.29) is 24.7 Å². The van der Waals surface area contributed by atoms with E-state index in [9.17, 15) is 36.2 Å². The average molecular weight is 447 g/mol. The Kier molecular flexibility index (Phi) is 6.07. The van der Waals surface area contributed by atoms with E-state index in [1.54, 1.807) is 30.3 Å². The van der Waals surface area contributed by atoms with Gasteiger partial charge in [-0.3, -0.25) is 4.79 Å². The zero-order valence-corrected chi connectivity index (χ0v) is 16.2. The van der Waals surface area contributed by atoms with Gasteiger partial charge in [0.25, 0.3) is 0 Å². The smallest absolute Gasteiger partial charge is 0.383 e. The average Bonchev–Trinajstić information content (AvgIpc) is 3.00. The van der Waals surface area contributed by atoms with Crippen LogP contribution in [0, 0.1) is 0 Å². The number of aliphatic hydroxyl groups is 1. The first-order valence-corrected chi connectivity index (χ1v) is 9.28. The number of rotatable bonds is 5. The van der Waals surface area contributed by atoms with E-state index in [0.29, 0.717) is 17.7 Å². The molecule has 1 unspecified atom stereocenters. The molecular formula is C21H19F6NO3. The number of amides is 1. The lowest BCUT2D eigenvalue weighted by Gasteiger charge is -2.31. The van der Waals surface area contributed by atoms with E-state index in [4.69, 9.17) is 4.74 Å². The van der Waals surface area contributed by atoms with Gasteiger partial charge in [0.15, 0.2) is 0 Å². The van der Waals surface area contributed by atoms with Crippen LogP contribution in [0.4, 0.5) is 26.3 Å². The van der Waals surface area contributed by atoms with Crippen molar-refractivity contribution in [3.05, 3.63) is 70.8 Å². The van der Waals surface area contributed by atoms with Gasteiger partial charge >= 0.3 is 12.4 Å². The Labute approximate surface area is 173 Å². The topological polar surface area (TPSA) is 58.6 Å². The predicted octanol–water partition coefficient (Wildman–Crippen LogP) is 4.58. The highest BCUT2D eigenvalue weighted by Crippen LogP contribution is 2.39. The van der Waals surface area contributed by atoms with Gasteiger partial charge in [0.1, 0.15) is 6.10 Å². The molecule has 2 aromatic rings. The van der Waals surface area contributed by atoms with Crippen LogP contribution >= 0.6 is 0 Å². The Balaban J connectivity index is 1.90. The maximum atomic E-state index is 13.1. The molecule has 1 aliphatic rings. The van der Waals surface area contributed by atoms with Gasteiger partial charge in [-0.15, -0.1) is 0 Å². The Bertz CT molecular complexity index is 912. The number of aliphatic hydroxyl groups excluding tert-OH is 1. The summed E-state index contributed by atoms with van der Waals surface area (Å²) >= 11 is 0. The second kappa shape index (κ2) is 8.16. The number of benzene rings is 2. The first kappa shape index (κ1) is 23.1. The van der Waals surface area contributed by atoms with Crippen LogP contribution in [0.1, 0.15) is 41.7 Å². The van der Waals surface area contributed by atoms with Gasteiger partial charge < -0.3 is 15.2 Å². The number of hydrogen-bond donors (Lipinski definition) is 2. The summed E-state index contributed by atoms with van der Waals surface area (Å²) in [5.41, 5.74) is -3.76. The van der Waals surface area contributed by atoms with E-state index in [2.05, 4.69) is 5.32 Å². The minimum absolute atomic E-state index is 0.0508. The highest BCUT2D eigenvalue weighted by Gasteiger charge is 2.45. The molecule has 0 bridgehead atoms. The van der Waals surface area contributed by atoms with Gasteiger partial charge in [-0.25, -0.2) is 0 Å². The molecule has 3 atom stereocenters. The van der Waals surface area contributed by atoms with Gasteiger partial charge in [0.2, 0.25) is 5.91 Å². The highest BCUT2D eigenvalue weighted by molar-refractivity contribution is 5.84. The van der Waals surface area contributed by atoms with Crippen LogP contribution in [0.3, 0.4) is 0 Å². The molecule has 0 saturated carbocycles. The maximum Gasteiger partial charge on any atom is 0.416 e. The van der Waals surface area contributed by atoms with Crippen molar-refractivity contribution in [2.45, 2.75) is 43.4 Å². The van der Waals surface area contributed by atoms with E-state index in [1.807, 2.05) is 0 Å². The third-order valence-electron chi connectivity index (χ3n) is 5.19. The molecule has 0 aliphatic carbocycles. The van der Waals surface area contributed by atoms with Crippen LogP contribution in [0.25, 0.3) is 0 Å². The van der Waals surface area contributed by atoms with Crippen LogP contribution < -0.4 is 5.32 Å². The highest BCUT2D eigenvalue weighted by atomic mass is 19.4. The minimum atomic E-state index is -4.97. The van der Waals surface area contributed by atoms with Crippen molar-refractivity contribution in [1.82, 2.24) is 5.32 Å². The van der Waals surface area contributed by atoms with Gasteiger partial charge in [0.05, 0.1) is 29.4 Å². The summed E-state index contributed by atoms with van der Waals surface area (Å²) in [5.74, 6) is -0.640. The summed E-state index contributed by atoms with van der Waals surface area (Å²) in [5, 5.41) is 12.5. The molecule has 4 nitrogen and oxygen atoms in total.